The summed E-state index contributed by atoms with van der Waals surface area (Å²) in [5, 5.41) is 4.05. The van der Waals surface area contributed by atoms with Crippen molar-refractivity contribution in [2.45, 2.75) is 25.8 Å². The summed E-state index contributed by atoms with van der Waals surface area (Å²) >= 11 is 0. The number of hydrogen-bond donors (Lipinski definition) is 0. The second-order valence-electron chi connectivity index (χ2n) is 3.68. The molecule has 1 aliphatic heterocycles. The van der Waals surface area contributed by atoms with E-state index in [0.717, 1.165) is 13.0 Å². The third kappa shape index (κ3) is 2.65. The molecule has 1 aliphatic rings. The smallest absolute Gasteiger partial charge is 0.313 e. The predicted molar refractivity (Wildman–Crippen MR) is 50.7 cm³/mol. The van der Waals surface area contributed by atoms with E-state index >= 15 is 0 Å². The lowest BCUT2D eigenvalue weighted by atomic mass is 9.96. The third-order valence-corrected chi connectivity index (χ3v) is 2.46. The van der Waals surface area contributed by atoms with Crippen molar-refractivity contribution >= 4 is 11.9 Å². The molecule has 80 valence electrons. The first-order valence-electron chi connectivity index (χ1n) is 4.95. The van der Waals surface area contributed by atoms with Gasteiger partial charge in [-0.25, -0.2) is 0 Å². The molecule has 0 aliphatic carbocycles. The number of hydrogen-bond acceptors (Lipinski definition) is 4. The summed E-state index contributed by atoms with van der Waals surface area (Å²) in [7, 11) is 0. The van der Waals surface area contributed by atoms with Gasteiger partial charge < -0.3 is 4.74 Å². The summed E-state index contributed by atoms with van der Waals surface area (Å²) in [6.45, 7) is 0.734. The zero-order valence-electron chi connectivity index (χ0n) is 8.26. The lowest BCUT2D eigenvalue weighted by Crippen LogP contribution is -2.26. The Hall–Kier alpha value is -1.65. The molecule has 0 N–H and O–H groups in total. The van der Waals surface area contributed by atoms with Gasteiger partial charge in [0.25, 0.3) is 0 Å². The van der Waals surface area contributed by atoms with Crippen molar-refractivity contribution < 1.29 is 14.3 Å². The van der Waals surface area contributed by atoms with E-state index in [1.165, 1.54) is 0 Å². The Morgan fingerprint density at radius 1 is 1.40 bits per heavy atom. The summed E-state index contributed by atoms with van der Waals surface area (Å²) in [5.74, 6) is -0.712. The summed E-state index contributed by atoms with van der Waals surface area (Å²) in [6, 6.07) is 1.85. The van der Waals surface area contributed by atoms with Crippen LogP contribution in [0.2, 0.25) is 0 Å². The summed E-state index contributed by atoms with van der Waals surface area (Å²) in [4.78, 5) is 22.0. The van der Waals surface area contributed by atoms with Gasteiger partial charge in [-0.2, -0.15) is 5.10 Å². The Morgan fingerprint density at radius 3 is 2.73 bits per heavy atom. The Balaban J connectivity index is 1.84. The van der Waals surface area contributed by atoms with Crippen molar-refractivity contribution in [1.29, 1.82) is 0 Å². The number of aromatic nitrogens is 2. The van der Waals surface area contributed by atoms with Crippen LogP contribution in [0.3, 0.4) is 0 Å². The first-order valence-corrected chi connectivity index (χ1v) is 4.95. The van der Waals surface area contributed by atoms with Crippen LogP contribution in [0.15, 0.2) is 18.5 Å². The SMILES string of the molecule is O=C1CC(CCn2cccn2)CC(=O)O1. The van der Waals surface area contributed by atoms with Gasteiger partial charge in [-0.3, -0.25) is 14.3 Å². The Bertz CT molecular complexity index is 343. The summed E-state index contributed by atoms with van der Waals surface area (Å²) < 4.78 is 6.25. The normalized spacial score (nSPS) is 17.9. The van der Waals surface area contributed by atoms with Gasteiger partial charge in [-0.15, -0.1) is 0 Å². The summed E-state index contributed by atoms with van der Waals surface area (Å²) in [5.41, 5.74) is 0. The molecule has 0 unspecified atom stereocenters. The molecule has 1 aromatic rings. The van der Waals surface area contributed by atoms with Crippen molar-refractivity contribution in [2.24, 2.45) is 5.92 Å². The molecule has 2 heterocycles. The van der Waals surface area contributed by atoms with Crippen molar-refractivity contribution in [3.63, 3.8) is 0 Å². The van der Waals surface area contributed by atoms with E-state index in [0.29, 0.717) is 12.8 Å². The number of rotatable bonds is 3. The fraction of sp³-hybridized carbons (Fsp3) is 0.500. The van der Waals surface area contributed by atoms with Crippen molar-refractivity contribution in [1.82, 2.24) is 9.78 Å². The molecule has 5 heteroatoms. The number of nitrogens with zero attached hydrogens (tertiary/aromatic N) is 2. The molecular weight excluding hydrogens is 196 g/mol. The highest BCUT2D eigenvalue weighted by Gasteiger charge is 2.26. The molecule has 2 rings (SSSR count). The zero-order valence-corrected chi connectivity index (χ0v) is 8.26. The molecule has 0 aromatic carbocycles. The molecule has 1 saturated heterocycles. The number of carbonyl (C=O) groups is 2. The van der Waals surface area contributed by atoms with E-state index in [2.05, 4.69) is 9.84 Å². The van der Waals surface area contributed by atoms with E-state index in [-0.39, 0.29) is 5.92 Å². The van der Waals surface area contributed by atoms with Crippen LogP contribution in [0.25, 0.3) is 0 Å². The summed E-state index contributed by atoms with van der Waals surface area (Å²) in [6.07, 6.45) is 5.03. The zero-order chi connectivity index (χ0) is 10.7. The third-order valence-electron chi connectivity index (χ3n) is 2.46. The van der Waals surface area contributed by atoms with Gasteiger partial charge in [0.1, 0.15) is 0 Å². The number of aryl methyl sites for hydroxylation is 1. The monoisotopic (exact) mass is 208 g/mol. The molecule has 0 atom stereocenters. The topological polar surface area (TPSA) is 61.2 Å². The minimum atomic E-state index is -0.406. The van der Waals surface area contributed by atoms with Crippen LogP contribution in [0, 0.1) is 5.92 Å². The van der Waals surface area contributed by atoms with E-state index in [1.807, 2.05) is 12.3 Å². The van der Waals surface area contributed by atoms with Crippen LogP contribution in [0.4, 0.5) is 0 Å². The highest BCUT2D eigenvalue weighted by Crippen LogP contribution is 2.20. The van der Waals surface area contributed by atoms with Gasteiger partial charge in [0.05, 0.1) is 0 Å². The maximum Gasteiger partial charge on any atom is 0.313 e. The highest BCUT2D eigenvalue weighted by molar-refractivity contribution is 5.88. The number of ether oxygens (including phenoxy) is 1. The number of carbonyl (C=O) groups excluding carboxylic acids is 2. The minimum absolute atomic E-state index is 0.1000. The number of cyclic esters (lactones) is 2. The van der Waals surface area contributed by atoms with Crippen LogP contribution >= 0.6 is 0 Å². The van der Waals surface area contributed by atoms with E-state index in [1.54, 1.807) is 10.9 Å². The average Bonchev–Trinajstić information content (AvgIpc) is 2.65. The van der Waals surface area contributed by atoms with Crippen LogP contribution in [-0.2, 0) is 20.9 Å². The molecule has 0 radical (unpaired) electrons. The lowest BCUT2D eigenvalue weighted by molar-refractivity contribution is -0.165. The van der Waals surface area contributed by atoms with Crippen LogP contribution < -0.4 is 0 Å². The first-order chi connectivity index (χ1) is 7.24. The molecule has 15 heavy (non-hydrogen) atoms. The second kappa shape index (κ2) is 4.25. The average molecular weight is 208 g/mol. The maximum atomic E-state index is 11.0. The van der Waals surface area contributed by atoms with Gasteiger partial charge in [0, 0.05) is 31.8 Å². The quantitative estimate of drug-likeness (QED) is 0.543. The van der Waals surface area contributed by atoms with Crippen molar-refractivity contribution in [3.05, 3.63) is 18.5 Å². The Kier molecular flexibility index (Phi) is 2.80. The van der Waals surface area contributed by atoms with Gasteiger partial charge in [-0.05, 0) is 18.4 Å². The lowest BCUT2D eigenvalue weighted by Gasteiger charge is -2.19. The van der Waals surface area contributed by atoms with Crippen molar-refractivity contribution in [2.75, 3.05) is 0 Å². The van der Waals surface area contributed by atoms with E-state index < -0.39 is 11.9 Å². The molecule has 1 fully saturated rings. The highest BCUT2D eigenvalue weighted by atomic mass is 16.6. The van der Waals surface area contributed by atoms with Crippen molar-refractivity contribution in [3.8, 4) is 0 Å². The molecule has 0 bridgehead atoms. The standard InChI is InChI=1S/C10H12N2O3/c13-9-6-8(7-10(14)15-9)2-5-12-4-1-3-11-12/h1,3-4,8H,2,5-7H2. The van der Waals surface area contributed by atoms with Crippen LogP contribution in [-0.4, -0.2) is 21.7 Å². The van der Waals surface area contributed by atoms with Gasteiger partial charge in [0.15, 0.2) is 0 Å². The molecular formula is C10H12N2O3. The van der Waals surface area contributed by atoms with Crippen LogP contribution in [0.1, 0.15) is 19.3 Å². The Morgan fingerprint density at radius 2 is 2.13 bits per heavy atom. The van der Waals surface area contributed by atoms with E-state index in [4.69, 9.17) is 0 Å². The molecule has 0 spiro atoms. The first kappa shape index (κ1) is 9.89. The van der Waals surface area contributed by atoms with E-state index in [9.17, 15) is 9.59 Å². The molecule has 0 saturated carbocycles. The largest absolute Gasteiger partial charge is 0.393 e. The number of esters is 2. The maximum absolute atomic E-state index is 11.0. The molecule has 5 nitrogen and oxygen atoms in total. The Labute approximate surface area is 87.0 Å². The fourth-order valence-electron chi connectivity index (χ4n) is 1.71. The second-order valence-corrected chi connectivity index (χ2v) is 3.68. The van der Waals surface area contributed by atoms with Crippen LogP contribution in [0.5, 0.6) is 0 Å². The fourth-order valence-corrected chi connectivity index (χ4v) is 1.71. The van der Waals surface area contributed by atoms with Gasteiger partial charge in [0.2, 0.25) is 0 Å². The minimum Gasteiger partial charge on any atom is -0.393 e. The van der Waals surface area contributed by atoms with Gasteiger partial charge >= 0.3 is 11.9 Å². The predicted octanol–water partition coefficient (Wildman–Crippen LogP) is 0.753. The van der Waals surface area contributed by atoms with Gasteiger partial charge in [-0.1, -0.05) is 0 Å². The molecule has 1 aromatic heterocycles. The molecule has 0 amide bonds.